The summed E-state index contributed by atoms with van der Waals surface area (Å²) in [7, 11) is 0. The first-order valence-corrected chi connectivity index (χ1v) is 8.76. The molecule has 0 radical (unpaired) electrons. The molecule has 0 saturated carbocycles. The number of pyridine rings is 1. The summed E-state index contributed by atoms with van der Waals surface area (Å²) >= 11 is 0. The Labute approximate surface area is 137 Å². The van der Waals surface area contributed by atoms with Crippen LogP contribution in [-0.2, 0) is 6.54 Å². The quantitative estimate of drug-likeness (QED) is 0.913. The number of fused-ring (bicyclic) bond motifs is 2. The monoisotopic (exact) mass is 315 g/mol. The van der Waals surface area contributed by atoms with Crippen molar-refractivity contribution >= 4 is 11.8 Å². The first-order chi connectivity index (χ1) is 11.3. The third kappa shape index (κ3) is 3.13. The molecule has 2 atom stereocenters. The van der Waals surface area contributed by atoms with Crippen LogP contribution in [0.2, 0.25) is 0 Å². The number of aromatic nitrogens is 1. The van der Waals surface area contributed by atoms with E-state index in [0.717, 1.165) is 57.1 Å². The van der Waals surface area contributed by atoms with Gasteiger partial charge in [-0.15, -0.1) is 0 Å². The summed E-state index contributed by atoms with van der Waals surface area (Å²) < 4.78 is 0. The Morgan fingerprint density at radius 1 is 1.22 bits per heavy atom. The number of carbonyl (C=O) groups excluding carboxylic acids is 1. The molecule has 1 N–H and O–H groups in total. The van der Waals surface area contributed by atoms with Crippen LogP contribution in [0.15, 0.2) is 18.3 Å². The van der Waals surface area contributed by atoms with Crippen LogP contribution in [0.4, 0.5) is 10.6 Å². The van der Waals surface area contributed by atoms with E-state index in [0.29, 0.717) is 12.6 Å². The lowest BCUT2D eigenvalue weighted by Crippen LogP contribution is -2.52. The molecule has 2 bridgehead atoms. The highest BCUT2D eigenvalue weighted by atomic mass is 16.2. The molecule has 3 fully saturated rings. The minimum Gasteiger partial charge on any atom is -0.357 e. The van der Waals surface area contributed by atoms with E-state index in [2.05, 4.69) is 26.2 Å². The van der Waals surface area contributed by atoms with Crippen molar-refractivity contribution in [2.75, 3.05) is 44.2 Å². The molecule has 4 rings (SSSR count). The van der Waals surface area contributed by atoms with Crippen molar-refractivity contribution in [2.24, 2.45) is 0 Å². The van der Waals surface area contributed by atoms with Gasteiger partial charge in [0, 0.05) is 58.1 Å². The van der Waals surface area contributed by atoms with Gasteiger partial charge in [0.15, 0.2) is 0 Å². The van der Waals surface area contributed by atoms with Crippen LogP contribution in [0.1, 0.15) is 24.8 Å². The third-order valence-corrected chi connectivity index (χ3v) is 5.29. The Morgan fingerprint density at radius 2 is 2.09 bits per heavy atom. The van der Waals surface area contributed by atoms with Gasteiger partial charge in [-0.25, -0.2) is 9.78 Å². The fraction of sp³-hybridized carbons (Fsp3) is 0.647. The Morgan fingerprint density at radius 3 is 2.96 bits per heavy atom. The summed E-state index contributed by atoms with van der Waals surface area (Å²) in [4.78, 5) is 23.7. The molecular formula is C17H25N5O. The summed E-state index contributed by atoms with van der Waals surface area (Å²) in [5.41, 5.74) is 1.13. The predicted molar refractivity (Wildman–Crippen MR) is 89.5 cm³/mol. The van der Waals surface area contributed by atoms with Crippen molar-refractivity contribution in [1.29, 1.82) is 0 Å². The van der Waals surface area contributed by atoms with E-state index < -0.39 is 0 Å². The predicted octanol–water partition coefficient (Wildman–Crippen LogP) is 1.28. The second-order valence-electron chi connectivity index (χ2n) is 6.81. The van der Waals surface area contributed by atoms with E-state index in [9.17, 15) is 4.79 Å². The van der Waals surface area contributed by atoms with Crippen LogP contribution in [0.3, 0.4) is 0 Å². The van der Waals surface area contributed by atoms with E-state index in [-0.39, 0.29) is 6.03 Å². The van der Waals surface area contributed by atoms with Gasteiger partial charge in [0.25, 0.3) is 0 Å². The minimum atomic E-state index is 0.0797. The molecule has 1 aromatic heterocycles. The number of nitrogens with one attached hydrogen (secondary N) is 1. The first-order valence-electron chi connectivity index (χ1n) is 8.76. The van der Waals surface area contributed by atoms with Crippen molar-refractivity contribution in [3.63, 3.8) is 0 Å². The molecule has 124 valence electrons. The largest absolute Gasteiger partial charge is 0.357 e. The van der Waals surface area contributed by atoms with E-state index in [1.807, 2.05) is 17.2 Å². The number of piperazine rings is 1. The fourth-order valence-corrected chi connectivity index (χ4v) is 3.94. The summed E-state index contributed by atoms with van der Waals surface area (Å²) in [6, 6.07) is 4.59. The molecule has 1 aromatic rings. The Hall–Kier alpha value is -1.82. The fourth-order valence-electron chi connectivity index (χ4n) is 3.94. The molecule has 3 saturated heterocycles. The molecule has 2 amide bonds. The third-order valence-electron chi connectivity index (χ3n) is 5.29. The Balaban J connectivity index is 1.35. The summed E-state index contributed by atoms with van der Waals surface area (Å²) in [5, 5.41) is 3.09. The number of hydrogen-bond donors (Lipinski definition) is 1. The molecule has 0 aromatic carbocycles. The van der Waals surface area contributed by atoms with Crippen LogP contribution in [-0.4, -0.2) is 66.1 Å². The molecule has 23 heavy (non-hydrogen) atoms. The van der Waals surface area contributed by atoms with Crippen molar-refractivity contribution in [1.82, 2.24) is 20.1 Å². The zero-order chi connectivity index (χ0) is 15.6. The van der Waals surface area contributed by atoms with E-state index in [1.54, 1.807) is 0 Å². The van der Waals surface area contributed by atoms with Gasteiger partial charge in [0.2, 0.25) is 0 Å². The SMILES string of the molecule is O=C(NCc1ccnc(N2CCCC2)c1)N1CCN2CCC1C2. The van der Waals surface area contributed by atoms with Gasteiger partial charge in [-0.1, -0.05) is 0 Å². The van der Waals surface area contributed by atoms with Crippen molar-refractivity contribution in [2.45, 2.75) is 31.8 Å². The van der Waals surface area contributed by atoms with Crippen LogP contribution >= 0.6 is 0 Å². The number of anilines is 1. The number of nitrogens with zero attached hydrogens (tertiary/aromatic N) is 4. The zero-order valence-electron chi connectivity index (χ0n) is 13.6. The lowest BCUT2D eigenvalue weighted by atomic mass is 10.2. The standard InChI is InChI=1S/C17H25N5O/c23-17(22-10-9-20-8-4-15(22)13-20)19-12-14-3-5-18-16(11-14)21-6-1-2-7-21/h3,5,11,15H,1-2,4,6-10,12-13H2,(H,19,23). The minimum absolute atomic E-state index is 0.0797. The Kier molecular flexibility index (Phi) is 4.08. The van der Waals surface area contributed by atoms with Gasteiger partial charge in [0.1, 0.15) is 5.82 Å². The van der Waals surface area contributed by atoms with E-state index >= 15 is 0 Å². The highest BCUT2D eigenvalue weighted by molar-refractivity contribution is 5.74. The maximum absolute atomic E-state index is 12.5. The van der Waals surface area contributed by atoms with Gasteiger partial charge in [-0.05, 0) is 37.0 Å². The molecule has 6 heteroatoms. The van der Waals surface area contributed by atoms with Crippen molar-refractivity contribution < 1.29 is 4.79 Å². The first kappa shape index (κ1) is 14.8. The average molecular weight is 315 g/mol. The van der Waals surface area contributed by atoms with Gasteiger partial charge in [-0.2, -0.15) is 0 Å². The smallest absolute Gasteiger partial charge is 0.318 e. The molecule has 3 aliphatic rings. The molecule has 0 spiro atoms. The van der Waals surface area contributed by atoms with Crippen molar-refractivity contribution in [3.05, 3.63) is 23.9 Å². The summed E-state index contributed by atoms with van der Waals surface area (Å²) in [6.45, 7) is 6.81. The topological polar surface area (TPSA) is 51.7 Å². The van der Waals surface area contributed by atoms with Crippen LogP contribution in [0, 0.1) is 0 Å². The second-order valence-corrected chi connectivity index (χ2v) is 6.81. The number of hydrogen-bond acceptors (Lipinski definition) is 4. The second kappa shape index (κ2) is 6.35. The maximum Gasteiger partial charge on any atom is 0.318 e. The molecule has 3 aliphatic heterocycles. The van der Waals surface area contributed by atoms with Crippen molar-refractivity contribution in [3.8, 4) is 0 Å². The van der Waals surface area contributed by atoms with Gasteiger partial charge >= 0.3 is 6.03 Å². The molecule has 6 nitrogen and oxygen atoms in total. The summed E-state index contributed by atoms with van der Waals surface area (Å²) in [6.07, 6.45) is 5.46. The lowest BCUT2D eigenvalue weighted by molar-refractivity contribution is 0.142. The zero-order valence-corrected chi connectivity index (χ0v) is 13.6. The molecule has 2 unspecified atom stereocenters. The van der Waals surface area contributed by atoms with Gasteiger partial charge in [0.05, 0.1) is 0 Å². The normalized spacial score (nSPS) is 26.6. The van der Waals surface area contributed by atoms with Crippen LogP contribution in [0.5, 0.6) is 0 Å². The maximum atomic E-state index is 12.5. The number of amides is 2. The molecule has 0 aliphatic carbocycles. The van der Waals surface area contributed by atoms with Crippen LogP contribution in [0.25, 0.3) is 0 Å². The van der Waals surface area contributed by atoms with E-state index in [4.69, 9.17) is 0 Å². The highest BCUT2D eigenvalue weighted by Crippen LogP contribution is 2.21. The molecule has 4 heterocycles. The number of carbonyl (C=O) groups is 1. The summed E-state index contributed by atoms with van der Waals surface area (Å²) in [5.74, 6) is 1.04. The van der Waals surface area contributed by atoms with Gasteiger partial charge < -0.3 is 15.1 Å². The van der Waals surface area contributed by atoms with Gasteiger partial charge in [-0.3, -0.25) is 4.90 Å². The Bertz CT molecular complexity index is 572. The highest BCUT2D eigenvalue weighted by Gasteiger charge is 2.34. The van der Waals surface area contributed by atoms with E-state index in [1.165, 1.54) is 12.8 Å². The number of rotatable bonds is 3. The van der Waals surface area contributed by atoms with Crippen LogP contribution < -0.4 is 10.2 Å². The lowest BCUT2D eigenvalue weighted by Gasteiger charge is -2.34. The molecular weight excluding hydrogens is 290 g/mol. The number of urea groups is 1. The average Bonchev–Trinajstić information content (AvgIpc) is 3.24.